The van der Waals surface area contributed by atoms with Gasteiger partial charge in [-0.05, 0) is 54.4 Å². The van der Waals surface area contributed by atoms with E-state index in [0.717, 1.165) is 17.9 Å². The van der Waals surface area contributed by atoms with Gasteiger partial charge in [0.1, 0.15) is 5.82 Å². The van der Waals surface area contributed by atoms with Gasteiger partial charge in [0.2, 0.25) is 10.0 Å². The molecule has 7 nitrogen and oxygen atoms in total. The zero-order chi connectivity index (χ0) is 23.7. The Hall–Kier alpha value is -2.78. The highest BCUT2D eigenvalue weighted by Crippen LogP contribution is 2.25. The van der Waals surface area contributed by atoms with Crippen molar-refractivity contribution in [3.05, 3.63) is 72.1 Å². The Morgan fingerprint density at radius 3 is 2.56 bits per heavy atom. The Morgan fingerprint density at radius 2 is 1.79 bits per heavy atom. The van der Waals surface area contributed by atoms with Crippen LogP contribution in [0.4, 0.5) is 0 Å². The largest absolute Gasteiger partial charge is 0.379 e. The van der Waals surface area contributed by atoms with Crippen molar-refractivity contribution in [3.63, 3.8) is 0 Å². The maximum Gasteiger partial charge on any atom is 0.243 e. The SMILES string of the molecule is CCn1c(CN[C@@H](C)c2ccc3ccccc3c2)nc2cc(S(=O)(=O)N3CCOCC3)ccc21. The molecule has 178 valence electrons. The van der Waals surface area contributed by atoms with Crippen LogP contribution in [0.5, 0.6) is 0 Å². The quantitative estimate of drug-likeness (QED) is 0.433. The van der Waals surface area contributed by atoms with E-state index in [1.54, 1.807) is 12.1 Å². The number of sulfonamides is 1. The number of fused-ring (bicyclic) bond motifs is 2. The first-order valence-corrected chi connectivity index (χ1v) is 13.2. The van der Waals surface area contributed by atoms with Crippen LogP contribution in [0.15, 0.2) is 65.6 Å². The predicted molar refractivity (Wildman–Crippen MR) is 134 cm³/mol. The summed E-state index contributed by atoms with van der Waals surface area (Å²) in [5, 5.41) is 6.04. The summed E-state index contributed by atoms with van der Waals surface area (Å²) in [4.78, 5) is 5.10. The second-order valence-corrected chi connectivity index (χ2v) is 10.6. The normalized spacial score (nSPS) is 16.3. The number of nitrogens with one attached hydrogen (secondary N) is 1. The average Bonchev–Trinajstić information content (AvgIpc) is 3.24. The molecule has 0 amide bonds. The summed E-state index contributed by atoms with van der Waals surface area (Å²) in [5.41, 5.74) is 2.86. The number of aromatic nitrogens is 2. The fourth-order valence-electron chi connectivity index (χ4n) is 4.58. The molecular weight excluding hydrogens is 448 g/mol. The first-order chi connectivity index (χ1) is 16.5. The standard InChI is InChI=1S/C26H30N4O3S/c1-3-30-25-11-10-23(34(31,32)29-12-14-33-15-13-29)17-24(25)28-26(30)18-27-19(2)21-9-8-20-6-4-5-7-22(20)16-21/h4-11,16-17,19,27H,3,12-15,18H2,1-2H3/t19-/m0/s1. The van der Waals surface area contributed by atoms with Crippen molar-refractivity contribution in [2.24, 2.45) is 0 Å². The van der Waals surface area contributed by atoms with Crippen molar-refractivity contribution in [2.45, 2.75) is 37.9 Å². The molecule has 5 rings (SSSR count). The van der Waals surface area contributed by atoms with Crippen LogP contribution in [0.1, 0.15) is 31.3 Å². The second-order valence-electron chi connectivity index (χ2n) is 8.65. The molecule has 3 aromatic carbocycles. The number of hydrogen-bond donors (Lipinski definition) is 1. The van der Waals surface area contributed by atoms with Gasteiger partial charge in [0.05, 0.1) is 35.7 Å². The number of hydrogen-bond acceptors (Lipinski definition) is 5. The van der Waals surface area contributed by atoms with Crippen molar-refractivity contribution >= 4 is 31.8 Å². The number of ether oxygens (including phenoxy) is 1. The lowest BCUT2D eigenvalue weighted by Gasteiger charge is -2.26. The lowest BCUT2D eigenvalue weighted by atomic mass is 10.0. The summed E-state index contributed by atoms with van der Waals surface area (Å²) >= 11 is 0. The topological polar surface area (TPSA) is 76.5 Å². The van der Waals surface area contributed by atoms with E-state index in [1.165, 1.54) is 20.6 Å². The monoisotopic (exact) mass is 478 g/mol. The first kappa shape index (κ1) is 23.0. The molecule has 34 heavy (non-hydrogen) atoms. The van der Waals surface area contributed by atoms with Gasteiger partial charge >= 0.3 is 0 Å². The smallest absolute Gasteiger partial charge is 0.243 e. The van der Waals surface area contributed by atoms with Crippen LogP contribution < -0.4 is 5.32 Å². The second kappa shape index (κ2) is 9.46. The molecule has 0 unspecified atom stereocenters. The third kappa shape index (κ3) is 4.34. The number of imidazole rings is 1. The Bertz CT molecular complexity index is 1420. The summed E-state index contributed by atoms with van der Waals surface area (Å²) in [6, 6.07) is 20.3. The van der Waals surface area contributed by atoms with Crippen LogP contribution in [0.2, 0.25) is 0 Å². The molecule has 1 N–H and O–H groups in total. The lowest BCUT2D eigenvalue weighted by molar-refractivity contribution is 0.0730. The maximum atomic E-state index is 13.1. The van der Waals surface area contributed by atoms with Gasteiger partial charge in [-0.3, -0.25) is 0 Å². The summed E-state index contributed by atoms with van der Waals surface area (Å²) in [5.74, 6) is 0.894. The van der Waals surface area contributed by atoms with E-state index >= 15 is 0 Å². The Morgan fingerprint density at radius 1 is 1.03 bits per heavy atom. The fourth-order valence-corrected chi connectivity index (χ4v) is 6.01. The van der Waals surface area contributed by atoms with Crippen LogP contribution >= 0.6 is 0 Å². The minimum atomic E-state index is -3.56. The predicted octanol–water partition coefficient (Wildman–Crippen LogP) is 4.08. The van der Waals surface area contributed by atoms with Gasteiger partial charge in [0.15, 0.2) is 0 Å². The van der Waals surface area contributed by atoms with Crippen LogP contribution in [-0.4, -0.2) is 48.6 Å². The van der Waals surface area contributed by atoms with E-state index in [0.29, 0.717) is 38.4 Å². The molecule has 0 bridgehead atoms. The van der Waals surface area contributed by atoms with E-state index < -0.39 is 10.0 Å². The average molecular weight is 479 g/mol. The van der Waals surface area contributed by atoms with E-state index in [1.807, 2.05) is 6.07 Å². The summed E-state index contributed by atoms with van der Waals surface area (Å²) in [6.07, 6.45) is 0. The van der Waals surface area contributed by atoms with Crippen LogP contribution in [-0.2, 0) is 27.8 Å². The number of benzene rings is 3. The molecule has 0 spiro atoms. The molecule has 0 saturated carbocycles. The van der Waals surface area contributed by atoms with Gasteiger partial charge in [-0.1, -0.05) is 36.4 Å². The van der Waals surface area contributed by atoms with Crippen molar-refractivity contribution in [2.75, 3.05) is 26.3 Å². The molecular formula is C26H30N4O3S. The van der Waals surface area contributed by atoms with Crippen LogP contribution in [0.3, 0.4) is 0 Å². The van der Waals surface area contributed by atoms with Crippen molar-refractivity contribution in [1.82, 2.24) is 19.2 Å². The number of aryl methyl sites for hydroxylation is 1. The van der Waals surface area contributed by atoms with E-state index in [4.69, 9.17) is 9.72 Å². The zero-order valence-electron chi connectivity index (χ0n) is 19.6. The zero-order valence-corrected chi connectivity index (χ0v) is 20.4. The molecule has 1 saturated heterocycles. The van der Waals surface area contributed by atoms with Gasteiger partial charge in [-0.2, -0.15) is 4.31 Å². The Balaban J connectivity index is 1.38. The third-order valence-corrected chi connectivity index (χ3v) is 8.46. The lowest BCUT2D eigenvalue weighted by Crippen LogP contribution is -2.40. The van der Waals surface area contributed by atoms with Crippen LogP contribution in [0.25, 0.3) is 21.8 Å². The Kier molecular flexibility index (Phi) is 6.40. The highest BCUT2D eigenvalue weighted by atomic mass is 32.2. The molecule has 1 aromatic heterocycles. The number of rotatable bonds is 7. The molecule has 1 aliphatic heterocycles. The molecule has 4 aromatic rings. The third-order valence-electron chi connectivity index (χ3n) is 6.56. The Labute approximate surface area is 200 Å². The van der Waals surface area contributed by atoms with E-state index in [-0.39, 0.29) is 10.9 Å². The first-order valence-electron chi connectivity index (χ1n) is 11.8. The minimum Gasteiger partial charge on any atom is -0.379 e. The highest BCUT2D eigenvalue weighted by Gasteiger charge is 2.27. The fraction of sp³-hybridized carbons (Fsp3) is 0.346. The highest BCUT2D eigenvalue weighted by molar-refractivity contribution is 7.89. The van der Waals surface area contributed by atoms with Crippen molar-refractivity contribution < 1.29 is 13.2 Å². The summed E-state index contributed by atoms with van der Waals surface area (Å²) in [6.45, 7) is 7.19. The van der Waals surface area contributed by atoms with Crippen molar-refractivity contribution in [1.29, 1.82) is 0 Å². The molecule has 1 atom stereocenters. The number of nitrogens with zero attached hydrogens (tertiary/aromatic N) is 3. The van der Waals surface area contributed by atoms with Crippen molar-refractivity contribution in [3.8, 4) is 0 Å². The van der Waals surface area contributed by atoms with Gasteiger partial charge in [-0.25, -0.2) is 13.4 Å². The molecule has 8 heteroatoms. The molecule has 0 aliphatic carbocycles. The minimum absolute atomic E-state index is 0.145. The van der Waals surface area contributed by atoms with Gasteiger partial charge in [0, 0.05) is 25.7 Å². The van der Waals surface area contributed by atoms with E-state index in [9.17, 15) is 8.42 Å². The van der Waals surface area contributed by atoms with E-state index in [2.05, 4.69) is 66.2 Å². The summed E-state index contributed by atoms with van der Waals surface area (Å²) in [7, 11) is -3.56. The maximum absolute atomic E-state index is 13.1. The van der Waals surface area contributed by atoms with Crippen LogP contribution in [0, 0.1) is 0 Å². The van der Waals surface area contributed by atoms with Gasteiger partial charge < -0.3 is 14.6 Å². The molecule has 0 radical (unpaired) electrons. The molecule has 2 heterocycles. The molecule has 1 fully saturated rings. The molecule has 1 aliphatic rings. The number of morpholine rings is 1. The van der Waals surface area contributed by atoms with Gasteiger partial charge in [-0.15, -0.1) is 0 Å². The summed E-state index contributed by atoms with van der Waals surface area (Å²) < 4.78 is 35.1. The van der Waals surface area contributed by atoms with Gasteiger partial charge in [0.25, 0.3) is 0 Å².